The lowest BCUT2D eigenvalue weighted by molar-refractivity contribution is 0.172. The van der Waals surface area contributed by atoms with Gasteiger partial charge in [0.15, 0.2) is 5.43 Å². The normalized spacial score (nSPS) is 19.9. The number of benzene rings is 2. The number of aromatic hydroxyl groups is 2. The van der Waals surface area contributed by atoms with Crippen LogP contribution in [0.2, 0.25) is 10.0 Å². The highest BCUT2D eigenvalue weighted by atomic mass is 35.5. The lowest BCUT2D eigenvalue weighted by atomic mass is 9.89. The van der Waals surface area contributed by atoms with Crippen molar-refractivity contribution < 1.29 is 19.7 Å². The van der Waals surface area contributed by atoms with Crippen LogP contribution in [0.5, 0.6) is 11.5 Å². The van der Waals surface area contributed by atoms with Gasteiger partial charge in [-0.1, -0.05) is 23.2 Å². The molecular weight excluding hydrogens is 417 g/mol. The summed E-state index contributed by atoms with van der Waals surface area (Å²) in [6, 6.07) is 6.95. The maximum atomic E-state index is 12.8. The SMILES string of the molecule is CN1CC[C@@H](c2c(O)cc(O)c3c(=O)cc(-c4ccc(Cl)cc4Cl)oc23)[C@@H]1CO. The van der Waals surface area contributed by atoms with Crippen LogP contribution in [0.3, 0.4) is 0 Å². The van der Waals surface area contributed by atoms with E-state index in [1.807, 2.05) is 11.9 Å². The van der Waals surface area contributed by atoms with E-state index in [4.69, 9.17) is 27.6 Å². The van der Waals surface area contributed by atoms with Crippen LogP contribution in [-0.4, -0.2) is 46.5 Å². The average Bonchev–Trinajstić information content (AvgIpc) is 3.01. The summed E-state index contributed by atoms with van der Waals surface area (Å²) in [4.78, 5) is 14.8. The third-order valence-electron chi connectivity index (χ3n) is 5.58. The first kappa shape index (κ1) is 20.0. The van der Waals surface area contributed by atoms with E-state index in [-0.39, 0.29) is 46.8 Å². The number of hydrogen-bond donors (Lipinski definition) is 3. The van der Waals surface area contributed by atoms with E-state index in [9.17, 15) is 20.1 Å². The summed E-state index contributed by atoms with van der Waals surface area (Å²) in [6.45, 7) is 0.598. The third kappa shape index (κ3) is 3.36. The highest BCUT2D eigenvalue weighted by Gasteiger charge is 2.36. The van der Waals surface area contributed by atoms with Crippen molar-refractivity contribution in [2.24, 2.45) is 0 Å². The topological polar surface area (TPSA) is 94.1 Å². The van der Waals surface area contributed by atoms with E-state index in [1.54, 1.807) is 12.1 Å². The van der Waals surface area contributed by atoms with Crippen molar-refractivity contribution >= 4 is 34.2 Å². The highest BCUT2D eigenvalue weighted by molar-refractivity contribution is 6.36. The Kier molecular flexibility index (Phi) is 5.21. The molecule has 1 aliphatic heterocycles. The molecule has 0 amide bonds. The van der Waals surface area contributed by atoms with Gasteiger partial charge < -0.3 is 24.6 Å². The minimum atomic E-state index is -0.460. The van der Waals surface area contributed by atoms with E-state index in [2.05, 4.69) is 0 Å². The lowest BCUT2D eigenvalue weighted by Crippen LogP contribution is -2.32. The lowest BCUT2D eigenvalue weighted by Gasteiger charge is -2.24. The number of nitrogens with zero attached hydrogens (tertiary/aromatic N) is 1. The van der Waals surface area contributed by atoms with Crippen LogP contribution in [-0.2, 0) is 0 Å². The molecule has 1 aromatic heterocycles. The van der Waals surface area contributed by atoms with Crippen molar-refractivity contribution in [3.05, 3.63) is 56.2 Å². The second-order valence-electron chi connectivity index (χ2n) is 7.26. The van der Waals surface area contributed by atoms with Crippen LogP contribution < -0.4 is 5.43 Å². The molecule has 2 aromatic carbocycles. The first-order chi connectivity index (χ1) is 13.8. The number of fused-ring (bicyclic) bond motifs is 1. The highest BCUT2D eigenvalue weighted by Crippen LogP contribution is 2.44. The van der Waals surface area contributed by atoms with Crippen LogP contribution in [0.1, 0.15) is 17.9 Å². The van der Waals surface area contributed by atoms with Crippen LogP contribution in [0.4, 0.5) is 0 Å². The van der Waals surface area contributed by atoms with Crippen molar-refractivity contribution in [2.75, 3.05) is 20.2 Å². The van der Waals surface area contributed by atoms with Gasteiger partial charge in [0, 0.05) is 40.2 Å². The van der Waals surface area contributed by atoms with Gasteiger partial charge in [-0.05, 0) is 38.2 Å². The number of aliphatic hydroxyl groups excluding tert-OH is 1. The molecule has 4 rings (SSSR count). The summed E-state index contributed by atoms with van der Waals surface area (Å²) < 4.78 is 6.03. The van der Waals surface area contributed by atoms with E-state index in [0.29, 0.717) is 34.1 Å². The molecule has 3 N–H and O–H groups in total. The molecule has 1 aliphatic rings. The molecule has 0 aliphatic carbocycles. The molecule has 2 atom stereocenters. The fraction of sp³-hybridized carbons (Fsp3) is 0.286. The molecular formula is C21H19Cl2NO5. The third-order valence-corrected chi connectivity index (χ3v) is 6.12. The Morgan fingerprint density at radius 3 is 2.62 bits per heavy atom. The zero-order valence-corrected chi connectivity index (χ0v) is 17.0. The van der Waals surface area contributed by atoms with E-state index in [0.717, 1.165) is 6.07 Å². The largest absolute Gasteiger partial charge is 0.507 e. The van der Waals surface area contributed by atoms with Gasteiger partial charge in [0.1, 0.15) is 28.2 Å². The Bertz CT molecular complexity index is 1160. The van der Waals surface area contributed by atoms with Gasteiger partial charge in [-0.25, -0.2) is 0 Å². The maximum Gasteiger partial charge on any atom is 0.197 e. The smallest absolute Gasteiger partial charge is 0.197 e. The van der Waals surface area contributed by atoms with E-state index >= 15 is 0 Å². The Morgan fingerprint density at radius 2 is 1.93 bits per heavy atom. The number of halogens is 2. The number of aliphatic hydroxyl groups is 1. The molecule has 1 fully saturated rings. The molecule has 0 saturated carbocycles. The van der Waals surface area contributed by atoms with Crippen molar-refractivity contribution in [3.63, 3.8) is 0 Å². The average molecular weight is 436 g/mol. The van der Waals surface area contributed by atoms with Gasteiger partial charge in [-0.2, -0.15) is 0 Å². The van der Waals surface area contributed by atoms with Gasteiger partial charge in [0.05, 0.1) is 11.6 Å². The number of likely N-dealkylation sites (N-methyl/N-ethyl adjacent to an activating group) is 1. The molecule has 0 spiro atoms. The Morgan fingerprint density at radius 1 is 1.17 bits per heavy atom. The van der Waals surface area contributed by atoms with Crippen molar-refractivity contribution in [2.45, 2.75) is 18.4 Å². The van der Waals surface area contributed by atoms with Crippen molar-refractivity contribution in [1.29, 1.82) is 0 Å². The minimum absolute atomic E-state index is 0.0159. The van der Waals surface area contributed by atoms with E-state index in [1.165, 1.54) is 12.1 Å². The summed E-state index contributed by atoms with van der Waals surface area (Å²) in [6.07, 6.45) is 0.658. The molecule has 0 radical (unpaired) electrons. The first-order valence-electron chi connectivity index (χ1n) is 9.11. The molecule has 152 valence electrons. The van der Waals surface area contributed by atoms with Crippen molar-refractivity contribution in [3.8, 4) is 22.8 Å². The van der Waals surface area contributed by atoms with Gasteiger partial charge in [0.2, 0.25) is 0 Å². The predicted octanol–water partition coefficient (Wildman–Crippen LogP) is 3.96. The molecule has 0 bridgehead atoms. The standard InChI is InChI=1S/C21H19Cl2NO5/c1-24-5-4-12(14(24)9-25)19-15(26)7-16(27)20-17(28)8-18(29-21(19)20)11-3-2-10(22)6-13(11)23/h2-3,6-8,12,14,25-27H,4-5,9H2,1H3/t12-,14+/m1/s1. The molecule has 0 unspecified atom stereocenters. The fourth-order valence-corrected chi connectivity index (χ4v) is 4.61. The van der Waals surface area contributed by atoms with Gasteiger partial charge in [-0.3, -0.25) is 4.79 Å². The number of hydrogen-bond acceptors (Lipinski definition) is 6. The fourth-order valence-electron chi connectivity index (χ4n) is 4.11. The molecule has 8 heteroatoms. The Hall–Kier alpha value is -2.25. The van der Waals surface area contributed by atoms with Crippen LogP contribution in [0.25, 0.3) is 22.3 Å². The Labute approximate surface area is 176 Å². The minimum Gasteiger partial charge on any atom is -0.507 e. The Balaban J connectivity index is 2.01. The molecule has 1 saturated heterocycles. The van der Waals surface area contributed by atoms with Gasteiger partial charge >= 0.3 is 0 Å². The molecule has 6 nitrogen and oxygen atoms in total. The quantitative estimate of drug-likeness (QED) is 0.576. The first-order valence-corrected chi connectivity index (χ1v) is 9.86. The number of phenols is 2. The van der Waals surface area contributed by atoms with Gasteiger partial charge in [0.25, 0.3) is 0 Å². The number of rotatable bonds is 3. The number of phenolic OH excluding ortho intramolecular Hbond substituents is 2. The van der Waals surface area contributed by atoms with Crippen LogP contribution in [0.15, 0.2) is 39.5 Å². The zero-order valence-electron chi connectivity index (χ0n) is 15.5. The van der Waals surface area contributed by atoms with Crippen LogP contribution in [0, 0.1) is 0 Å². The van der Waals surface area contributed by atoms with Crippen LogP contribution >= 0.6 is 23.2 Å². The second kappa shape index (κ2) is 7.54. The zero-order chi connectivity index (χ0) is 20.9. The summed E-state index contributed by atoms with van der Waals surface area (Å²) in [7, 11) is 1.88. The monoisotopic (exact) mass is 435 g/mol. The van der Waals surface area contributed by atoms with E-state index < -0.39 is 5.43 Å². The molecule has 2 heterocycles. The van der Waals surface area contributed by atoms with Crippen molar-refractivity contribution in [1.82, 2.24) is 4.90 Å². The molecule has 29 heavy (non-hydrogen) atoms. The summed E-state index contributed by atoms with van der Waals surface area (Å²) in [5.41, 5.74) is 0.490. The van der Waals surface area contributed by atoms with Gasteiger partial charge in [-0.15, -0.1) is 0 Å². The second-order valence-corrected chi connectivity index (χ2v) is 8.10. The summed E-state index contributed by atoms with van der Waals surface area (Å²) in [5, 5.41) is 31.5. The maximum absolute atomic E-state index is 12.8. The predicted molar refractivity (Wildman–Crippen MR) is 112 cm³/mol. The summed E-state index contributed by atoms with van der Waals surface area (Å²) in [5.74, 6) is -0.624. The molecule has 3 aromatic rings. The summed E-state index contributed by atoms with van der Waals surface area (Å²) >= 11 is 12.2. The number of likely N-dealkylation sites (tertiary alicyclic amines) is 1.